The van der Waals surface area contributed by atoms with Crippen molar-refractivity contribution in [1.82, 2.24) is 59.4 Å². The van der Waals surface area contributed by atoms with Crippen molar-refractivity contribution in [2.75, 3.05) is 150 Å². The van der Waals surface area contributed by atoms with Crippen LogP contribution in [0.3, 0.4) is 0 Å². The zero-order valence-electron chi connectivity index (χ0n) is 55.2. The summed E-state index contributed by atoms with van der Waals surface area (Å²) in [6, 6.07) is 15.1. The molecule has 2 amide bonds. The summed E-state index contributed by atoms with van der Waals surface area (Å²) in [7, 11) is -8.06. The summed E-state index contributed by atoms with van der Waals surface area (Å²) in [5, 5.41) is 51.1. The number of carbonyl (C=O) groups is 8. The van der Waals surface area contributed by atoms with Crippen molar-refractivity contribution in [3.63, 3.8) is 0 Å². The fraction of sp³-hybridized carbons (Fsp3) is 0.508. The van der Waals surface area contributed by atoms with Crippen LogP contribution in [0.1, 0.15) is 43.5 Å². The van der Waals surface area contributed by atoms with Crippen molar-refractivity contribution < 1.29 is 116 Å². The number of fused-ring (bicyclic) bond motifs is 1. The number of halogens is 6. The van der Waals surface area contributed by atoms with Crippen LogP contribution in [0.15, 0.2) is 95.1 Å². The molecule has 0 saturated carbocycles. The molecule has 560 valence electrons. The number of anilines is 1. The Labute approximate surface area is 577 Å². The molecule has 5 aromatic rings. The van der Waals surface area contributed by atoms with Gasteiger partial charge < -0.3 is 55.6 Å². The molecule has 3 aromatic carbocycles. The first kappa shape index (κ1) is 84.8. The molecule has 1 aliphatic rings. The minimum atomic E-state index is -5.77. The number of carboxylic acids is 4. The van der Waals surface area contributed by atoms with Crippen molar-refractivity contribution in [2.45, 2.75) is 67.8 Å². The largest absolute Gasteiger partial charge is 0.480 e. The van der Waals surface area contributed by atoms with E-state index in [1.807, 2.05) is 23.4 Å². The molecular weight excluding hydrogens is 1400 g/mol. The first-order chi connectivity index (χ1) is 47.7. The second-order valence-corrected chi connectivity index (χ2v) is 25.5. The summed E-state index contributed by atoms with van der Waals surface area (Å²) >= 11 is 0. The van der Waals surface area contributed by atoms with Gasteiger partial charge in [-0.15, -0.1) is 0 Å². The molecule has 0 bridgehead atoms. The van der Waals surface area contributed by atoms with E-state index in [1.54, 1.807) is 63.6 Å². The van der Waals surface area contributed by atoms with Crippen LogP contribution in [-0.4, -0.2) is 287 Å². The lowest BCUT2D eigenvalue weighted by atomic mass is 10.1. The highest BCUT2D eigenvalue weighted by Crippen LogP contribution is 2.26. The lowest BCUT2D eigenvalue weighted by Crippen LogP contribution is -2.49. The number of hydrogen-bond donors (Lipinski definition) is 10. The molecule has 6 rings (SSSR count). The average Bonchev–Trinajstić information content (AvgIpc) is 1.17. The van der Waals surface area contributed by atoms with E-state index >= 15 is 0 Å². The third kappa shape index (κ3) is 31.9. The monoisotopic (exact) mass is 1480 g/mol. The van der Waals surface area contributed by atoms with Gasteiger partial charge in [0, 0.05) is 135 Å². The van der Waals surface area contributed by atoms with E-state index in [9.17, 15) is 102 Å². The number of aromatic amines is 1. The van der Waals surface area contributed by atoms with Crippen molar-refractivity contribution in [2.24, 2.45) is 0 Å². The Balaban J connectivity index is 0.000000398. The third-order valence-corrected chi connectivity index (χ3v) is 17.4. The molecule has 1 saturated heterocycles. The highest BCUT2D eigenvalue weighted by Gasteiger charge is 2.54. The maximum Gasteiger partial charge on any atom is 0.458 e. The summed E-state index contributed by atoms with van der Waals surface area (Å²) in [4.78, 5) is 104. The van der Waals surface area contributed by atoms with Crippen LogP contribution in [0.25, 0.3) is 22.0 Å². The van der Waals surface area contributed by atoms with Crippen molar-refractivity contribution in [3.05, 3.63) is 90.9 Å². The number of carboxylic acid groups (broad SMARTS) is 4. The van der Waals surface area contributed by atoms with Gasteiger partial charge in [-0.25, -0.2) is 26.5 Å². The van der Waals surface area contributed by atoms with E-state index in [4.69, 9.17) is 14.2 Å². The maximum atomic E-state index is 13.2. The zero-order chi connectivity index (χ0) is 74.8. The highest BCUT2D eigenvalue weighted by atomic mass is 32.2. The Morgan fingerprint density at radius 3 is 1.53 bits per heavy atom. The van der Waals surface area contributed by atoms with Crippen LogP contribution in [-0.2, 0) is 74.4 Å². The number of ketones is 2. The van der Waals surface area contributed by atoms with E-state index in [0.29, 0.717) is 147 Å². The molecule has 1 unspecified atom stereocenters. The number of aromatic nitrogens is 4. The summed E-state index contributed by atoms with van der Waals surface area (Å²) in [6.07, 6.45) is -4.56. The normalized spacial score (nSPS) is 14.4. The van der Waals surface area contributed by atoms with Gasteiger partial charge in [0.15, 0.2) is 5.95 Å². The lowest BCUT2D eigenvalue weighted by Gasteiger charge is -2.32. The molecule has 3 heterocycles. The summed E-state index contributed by atoms with van der Waals surface area (Å²) in [6.45, 7) is 10.8. The Morgan fingerprint density at radius 2 is 1.06 bits per heavy atom. The predicted molar refractivity (Wildman–Crippen MR) is 349 cm³/mol. The standard InChI is InChI=1S/C36H44N8O9S2.C21H39N5O8.C4F6O2/c1-2-52-21-22-53-20-4-16-42-54(48,49)30-10-5-26(6-11-30)27-7-12-31(13-8-27)55(50,51)43-32(35(46)47)25-40-34(45)28-9-14-33-29(23-28)24-41-44(33)19-3-15-37-36-38-17-18-39-36;1-2-34-13-3-4-22-18(27)14-23-5-7-24(15-19(28)29)9-11-26(17-21(32)33)12-10-25(8-6-23)16-20(30)31;5-3(6,7)1(11)2(12)4(8,9)10/h5-14,17-18,23-24,32,42-43H,2-4,15-16,19-22,25H2,1H3,(H,40,45)(H,46,47)(H2,37,38,39);2-17H2,1H3,(H,22,27)(H,28,29)(H,30,31)(H,32,33);. The number of aliphatic carboxylic acids is 4. The fourth-order valence-electron chi connectivity index (χ4n) is 9.26. The van der Waals surface area contributed by atoms with E-state index in [-0.39, 0.29) is 54.0 Å². The van der Waals surface area contributed by atoms with Crippen LogP contribution in [0, 0.1) is 0 Å². The van der Waals surface area contributed by atoms with E-state index in [0.717, 1.165) is 11.9 Å². The molecular formula is C61H83F6N13O19S2. The number of rotatable bonds is 37. The van der Waals surface area contributed by atoms with Crippen molar-refractivity contribution >= 4 is 84.2 Å². The number of Topliss-reactive ketones (excluding diaryl/α,β-unsaturated/α-hetero) is 2. The van der Waals surface area contributed by atoms with Crippen LogP contribution in [0.5, 0.6) is 0 Å². The van der Waals surface area contributed by atoms with Gasteiger partial charge >= 0.3 is 47.8 Å². The molecule has 10 N–H and O–H groups in total. The Morgan fingerprint density at radius 1 is 0.584 bits per heavy atom. The number of aryl methyl sites for hydroxylation is 1. The number of nitrogens with one attached hydrogen (secondary N) is 6. The van der Waals surface area contributed by atoms with E-state index in [1.165, 1.54) is 36.4 Å². The number of amides is 2. The first-order valence-corrected chi connectivity index (χ1v) is 34.4. The van der Waals surface area contributed by atoms with Crippen LogP contribution < -0.4 is 25.4 Å². The summed E-state index contributed by atoms with van der Waals surface area (Å²) < 4.78 is 141. The first-order valence-electron chi connectivity index (χ1n) is 31.4. The molecule has 1 fully saturated rings. The maximum absolute atomic E-state index is 13.2. The Bertz CT molecular complexity index is 3630. The minimum Gasteiger partial charge on any atom is -0.480 e. The second-order valence-electron chi connectivity index (χ2n) is 22.0. The highest BCUT2D eigenvalue weighted by molar-refractivity contribution is 7.89. The molecule has 0 radical (unpaired) electrons. The number of nitrogens with zero attached hydrogens (tertiary/aromatic N) is 7. The second kappa shape index (κ2) is 42.6. The molecule has 0 aliphatic carbocycles. The van der Waals surface area contributed by atoms with Crippen LogP contribution in [0.2, 0.25) is 0 Å². The Kier molecular flexibility index (Phi) is 35.8. The van der Waals surface area contributed by atoms with Gasteiger partial charge in [-0.3, -0.25) is 62.6 Å². The minimum absolute atomic E-state index is 0.0713. The smallest absolute Gasteiger partial charge is 0.458 e. The van der Waals surface area contributed by atoms with Crippen LogP contribution in [0.4, 0.5) is 32.3 Å². The molecule has 1 atom stereocenters. The van der Waals surface area contributed by atoms with Gasteiger partial charge in [-0.05, 0) is 86.7 Å². The SMILES string of the molecule is CCOCCCNC(=O)CN1CCN(CC(=O)O)CCN(CC(=O)O)CCN(CC(=O)O)CC1.CCOCCOCCCNS(=O)(=O)c1ccc(-c2ccc(S(=O)(=O)NC(CNC(=O)c3ccc4c(cnn4CCCNc4ncc[nH]4)c3)C(=O)O)cc2)cc1.O=C(C(=O)C(F)(F)F)C(F)(F)F. The molecule has 1 aliphatic heterocycles. The van der Waals surface area contributed by atoms with Gasteiger partial charge in [0.25, 0.3) is 5.91 Å². The molecule has 101 heavy (non-hydrogen) atoms. The number of benzene rings is 3. The average molecular weight is 1480 g/mol. The van der Waals surface area contributed by atoms with Gasteiger partial charge in [-0.1, -0.05) is 24.3 Å². The topological polar surface area (TPSA) is 433 Å². The molecule has 32 nitrogen and oxygen atoms in total. The van der Waals surface area contributed by atoms with Gasteiger partial charge in [0.2, 0.25) is 26.0 Å². The number of H-pyrrole nitrogens is 1. The van der Waals surface area contributed by atoms with Gasteiger partial charge in [0.05, 0.1) is 60.9 Å². The van der Waals surface area contributed by atoms with E-state index in [2.05, 4.69) is 40.5 Å². The number of ether oxygens (including phenoxy) is 3. The number of carbonyl (C=O) groups excluding carboxylic acids is 4. The summed E-state index contributed by atoms with van der Waals surface area (Å²) in [5.74, 6) is -11.3. The number of imidazole rings is 1. The zero-order valence-corrected chi connectivity index (χ0v) is 56.8. The lowest BCUT2D eigenvalue weighted by molar-refractivity contribution is -0.193. The fourth-order valence-corrected chi connectivity index (χ4v) is 11.5. The third-order valence-electron chi connectivity index (χ3n) is 14.4. The van der Waals surface area contributed by atoms with Crippen molar-refractivity contribution in [3.8, 4) is 11.1 Å². The number of hydrogen-bond acceptors (Lipinski definition) is 22. The van der Waals surface area contributed by atoms with Gasteiger partial charge in [-0.2, -0.15) is 36.2 Å². The number of alkyl halides is 6. The molecule has 0 spiro atoms. The predicted octanol–water partition coefficient (Wildman–Crippen LogP) is 2.07. The van der Waals surface area contributed by atoms with Gasteiger partial charge in [0.1, 0.15) is 6.04 Å². The molecule has 40 heteroatoms. The quantitative estimate of drug-likeness (QED) is 0.0154. The number of sulfonamides is 2. The summed E-state index contributed by atoms with van der Waals surface area (Å²) in [5.41, 5.74) is 2.31. The van der Waals surface area contributed by atoms with E-state index < -0.39 is 86.3 Å². The Hall–Kier alpha value is -8.58. The van der Waals surface area contributed by atoms with Crippen molar-refractivity contribution in [1.29, 1.82) is 0 Å². The van der Waals surface area contributed by atoms with Crippen LogP contribution >= 0.6 is 0 Å². The molecule has 2 aromatic heterocycles.